The average Bonchev–Trinajstić information content (AvgIpc) is 3.73. The molecule has 1 atom stereocenters. The maximum Gasteiger partial charge on any atom is 0.417 e. The van der Waals surface area contributed by atoms with E-state index in [9.17, 15) is 22.8 Å². The summed E-state index contributed by atoms with van der Waals surface area (Å²) in [7, 11) is 0. The van der Waals surface area contributed by atoms with Crippen LogP contribution >= 0.6 is 23.1 Å². The highest BCUT2D eigenvalue weighted by Crippen LogP contribution is 2.54. The molecule has 0 radical (unpaired) electrons. The first kappa shape index (κ1) is 26.3. The minimum absolute atomic E-state index is 0.000274. The molecule has 3 aliphatic rings. The molecule has 1 unspecified atom stereocenters. The van der Waals surface area contributed by atoms with E-state index in [0.29, 0.717) is 58.1 Å². The molecule has 1 saturated carbocycles. The number of carbonyl (C=O) groups excluding carboxylic acids is 1. The number of benzene rings is 1. The van der Waals surface area contributed by atoms with E-state index in [1.807, 2.05) is 0 Å². The van der Waals surface area contributed by atoms with Gasteiger partial charge in [-0.05, 0) is 30.9 Å². The minimum atomic E-state index is -4.70. The highest BCUT2D eigenvalue weighted by Gasteiger charge is 2.42. The largest absolute Gasteiger partial charge is 0.417 e. The van der Waals surface area contributed by atoms with Crippen molar-refractivity contribution in [1.82, 2.24) is 24.4 Å². The molecule has 9 nitrogen and oxygen atoms in total. The number of rotatable bonds is 4. The van der Waals surface area contributed by atoms with Crippen molar-refractivity contribution in [3.8, 4) is 11.1 Å². The maximum absolute atomic E-state index is 14.9. The summed E-state index contributed by atoms with van der Waals surface area (Å²) in [5.74, 6) is 0.736. The Morgan fingerprint density at radius 2 is 1.93 bits per heavy atom. The fourth-order valence-electron chi connectivity index (χ4n) is 5.90. The van der Waals surface area contributed by atoms with Gasteiger partial charge in [-0.2, -0.15) is 18.2 Å². The molecular weight excluding hydrogens is 575 g/mol. The number of nitrogens with two attached hydrogens (primary N) is 1. The van der Waals surface area contributed by atoms with Crippen molar-refractivity contribution in [1.29, 1.82) is 0 Å². The first-order chi connectivity index (χ1) is 19.7. The zero-order valence-electron chi connectivity index (χ0n) is 21.6. The lowest BCUT2D eigenvalue weighted by molar-refractivity contribution is -0.137. The number of hydrogen-bond donors (Lipinski definition) is 1. The highest BCUT2D eigenvalue weighted by atomic mass is 32.2. The lowest BCUT2D eigenvalue weighted by Gasteiger charge is -2.37. The number of alkyl halides is 3. The van der Waals surface area contributed by atoms with Crippen LogP contribution in [0.4, 0.5) is 24.9 Å². The zero-order valence-corrected chi connectivity index (χ0v) is 23.3. The molecule has 1 amide bonds. The topological polar surface area (TPSA) is 110 Å². The molecule has 1 saturated heterocycles. The van der Waals surface area contributed by atoms with Crippen molar-refractivity contribution >= 4 is 61.9 Å². The van der Waals surface area contributed by atoms with Crippen LogP contribution in [0.25, 0.3) is 32.2 Å². The molecule has 41 heavy (non-hydrogen) atoms. The molecule has 2 aliphatic heterocycles. The van der Waals surface area contributed by atoms with Gasteiger partial charge in [0.15, 0.2) is 0 Å². The van der Waals surface area contributed by atoms with Gasteiger partial charge in [-0.3, -0.25) is 9.36 Å². The van der Waals surface area contributed by atoms with Crippen LogP contribution in [0.2, 0.25) is 0 Å². The van der Waals surface area contributed by atoms with E-state index in [2.05, 4.69) is 21.5 Å². The number of hydrogen-bond acceptors (Lipinski definition) is 9. The summed E-state index contributed by atoms with van der Waals surface area (Å²) in [6.07, 6.45) is -0.0185. The number of nitrogens with zero attached hydrogens (tertiary/aromatic N) is 6. The number of fused-ring (bicyclic) bond motifs is 1. The van der Waals surface area contributed by atoms with Crippen LogP contribution in [-0.4, -0.2) is 62.3 Å². The van der Waals surface area contributed by atoms with E-state index in [4.69, 9.17) is 5.73 Å². The second-order valence-electron chi connectivity index (χ2n) is 10.4. The van der Waals surface area contributed by atoms with E-state index >= 15 is 0 Å². The third-order valence-electron chi connectivity index (χ3n) is 8.01. The number of thiophene rings is 1. The second kappa shape index (κ2) is 9.44. The standard InChI is InChI=1S/C27H24F3N7O2S2/c1-2-19(38)35-5-7-36(8-6-35)24-14-9-16(27(28,29)30)20(15-11-40-18-10-32-25(31)33-21(15)18)23-22(14)37(26(39)34-24)17(12-41-23)13-3-4-13/h2,9-11,13,17H,1,3-8,12H2,(H2,31,32,33). The molecule has 4 aromatic rings. The molecule has 0 spiro atoms. The quantitative estimate of drug-likeness (QED) is 0.340. The number of aromatic nitrogens is 4. The van der Waals surface area contributed by atoms with E-state index in [0.717, 1.165) is 18.9 Å². The number of nitrogen functional groups attached to an aromatic ring is 1. The molecule has 2 N–H and O–H groups in total. The van der Waals surface area contributed by atoms with Gasteiger partial charge in [0, 0.05) is 58.7 Å². The summed E-state index contributed by atoms with van der Waals surface area (Å²) in [6, 6.07) is 0.991. The Morgan fingerprint density at radius 3 is 2.61 bits per heavy atom. The SMILES string of the molecule is C=CC(=O)N1CCN(c2nc(=O)n3c4c(c(-c5csc6cnc(N)nc56)c(C(F)(F)F)cc24)SCC3C2CC2)CC1. The highest BCUT2D eigenvalue weighted by molar-refractivity contribution is 7.99. The molecule has 1 aliphatic carbocycles. The van der Waals surface area contributed by atoms with Crippen LogP contribution < -0.4 is 16.3 Å². The van der Waals surface area contributed by atoms with E-state index in [1.165, 1.54) is 35.4 Å². The van der Waals surface area contributed by atoms with Crippen LogP contribution in [0.15, 0.2) is 40.0 Å². The molecule has 3 aromatic heterocycles. The van der Waals surface area contributed by atoms with E-state index in [1.54, 1.807) is 19.7 Å². The summed E-state index contributed by atoms with van der Waals surface area (Å²) in [5.41, 5.74) is 5.68. The number of piperazine rings is 1. The molecule has 5 heterocycles. The van der Waals surface area contributed by atoms with E-state index in [-0.39, 0.29) is 40.6 Å². The molecule has 0 bridgehead atoms. The predicted octanol–water partition coefficient (Wildman–Crippen LogP) is 4.56. The third kappa shape index (κ3) is 4.26. The van der Waals surface area contributed by atoms with Crippen molar-refractivity contribution in [3.05, 3.63) is 46.3 Å². The van der Waals surface area contributed by atoms with Crippen LogP contribution in [0.1, 0.15) is 24.4 Å². The Bertz CT molecular complexity index is 1810. The second-order valence-corrected chi connectivity index (χ2v) is 12.4. The van der Waals surface area contributed by atoms with Gasteiger partial charge in [0.25, 0.3) is 0 Å². The van der Waals surface area contributed by atoms with Gasteiger partial charge in [0.2, 0.25) is 11.9 Å². The molecule has 7 rings (SSSR count). The van der Waals surface area contributed by atoms with Crippen LogP contribution in [0, 0.1) is 5.92 Å². The van der Waals surface area contributed by atoms with Gasteiger partial charge in [0.1, 0.15) is 5.82 Å². The molecule has 14 heteroatoms. The monoisotopic (exact) mass is 599 g/mol. The number of carbonyl (C=O) groups is 1. The first-order valence-corrected chi connectivity index (χ1v) is 15.0. The zero-order chi connectivity index (χ0) is 28.6. The summed E-state index contributed by atoms with van der Waals surface area (Å²) in [5, 5.41) is 1.94. The molecule has 212 valence electrons. The predicted molar refractivity (Wildman–Crippen MR) is 153 cm³/mol. The Balaban J connectivity index is 1.51. The lowest BCUT2D eigenvalue weighted by atomic mass is 9.96. The number of anilines is 2. The molecule has 1 aromatic carbocycles. The summed E-state index contributed by atoms with van der Waals surface area (Å²) >= 11 is 2.60. The lowest BCUT2D eigenvalue weighted by Crippen LogP contribution is -2.49. The van der Waals surface area contributed by atoms with Gasteiger partial charge >= 0.3 is 11.9 Å². The maximum atomic E-state index is 14.9. The molecular formula is C27H24F3N7O2S2. The fourth-order valence-corrected chi connectivity index (χ4v) is 8.22. The summed E-state index contributed by atoms with van der Waals surface area (Å²) in [6.45, 7) is 4.87. The Kier molecular flexibility index (Phi) is 6.05. The van der Waals surface area contributed by atoms with Gasteiger partial charge in [-0.25, -0.2) is 14.8 Å². The normalized spacial score (nSPS) is 19.2. The molecule has 2 fully saturated rings. The number of amides is 1. The van der Waals surface area contributed by atoms with Crippen molar-refractivity contribution in [2.24, 2.45) is 5.92 Å². The summed E-state index contributed by atoms with van der Waals surface area (Å²) in [4.78, 5) is 42.3. The van der Waals surface area contributed by atoms with Crippen molar-refractivity contribution in [2.45, 2.75) is 30.0 Å². The Labute approximate surface area is 239 Å². The third-order valence-corrected chi connectivity index (χ3v) is 10.1. The van der Waals surface area contributed by atoms with E-state index < -0.39 is 17.4 Å². The van der Waals surface area contributed by atoms with Gasteiger partial charge in [-0.15, -0.1) is 23.1 Å². The first-order valence-electron chi connectivity index (χ1n) is 13.1. The number of thioether (sulfide) groups is 1. The fraction of sp³-hybridized carbons (Fsp3) is 0.370. The minimum Gasteiger partial charge on any atom is -0.368 e. The Morgan fingerprint density at radius 1 is 1.17 bits per heavy atom. The van der Waals surface area contributed by atoms with Crippen LogP contribution in [-0.2, 0) is 11.0 Å². The average molecular weight is 600 g/mol. The van der Waals surface area contributed by atoms with Crippen LogP contribution in [0.3, 0.4) is 0 Å². The van der Waals surface area contributed by atoms with Crippen LogP contribution in [0.5, 0.6) is 0 Å². The van der Waals surface area contributed by atoms with Crippen molar-refractivity contribution < 1.29 is 18.0 Å². The summed E-state index contributed by atoms with van der Waals surface area (Å²) < 4.78 is 47.0. The van der Waals surface area contributed by atoms with Crippen molar-refractivity contribution in [3.63, 3.8) is 0 Å². The smallest absolute Gasteiger partial charge is 0.368 e. The number of halogens is 3. The van der Waals surface area contributed by atoms with Gasteiger partial charge < -0.3 is 15.5 Å². The van der Waals surface area contributed by atoms with Gasteiger partial charge in [0.05, 0.1) is 33.5 Å². The van der Waals surface area contributed by atoms with Gasteiger partial charge in [-0.1, -0.05) is 6.58 Å². The van der Waals surface area contributed by atoms with Crippen molar-refractivity contribution in [2.75, 3.05) is 42.6 Å². The Hall–Kier alpha value is -3.65.